The largest absolute Gasteiger partial charge is 0.478 e. The average Bonchev–Trinajstić information content (AvgIpc) is 2.70. The maximum atomic E-state index is 13.4. The predicted molar refractivity (Wildman–Crippen MR) is 63.3 cm³/mol. The van der Waals surface area contributed by atoms with Crippen molar-refractivity contribution in [1.29, 1.82) is 0 Å². The van der Waals surface area contributed by atoms with E-state index in [4.69, 9.17) is 9.84 Å². The third-order valence-electron chi connectivity index (χ3n) is 2.36. The van der Waals surface area contributed by atoms with Crippen LogP contribution in [-0.2, 0) is 7.05 Å². The Kier molecular flexibility index (Phi) is 3.34. The Labute approximate surface area is 111 Å². The van der Waals surface area contributed by atoms with Crippen LogP contribution in [-0.4, -0.2) is 25.8 Å². The summed E-state index contributed by atoms with van der Waals surface area (Å²) in [5.74, 6) is -2.82. The quantitative estimate of drug-likeness (QED) is 0.678. The van der Waals surface area contributed by atoms with Crippen LogP contribution in [0.25, 0.3) is 0 Å². The molecule has 2 aromatic rings. The highest BCUT2D eigenvalue weighted by Crippen LogP contribution is 2.30. The summed E-state index contributed by atoms with van der Waals surface area (Å²) >= 11 is 0. The smallest absolute Gasteiger partial charge is 0.350 e. The predicted octanol–water partition coefficient (Wildman–Crippen LogP) is 1.96. The molecule has 0 aliphatic heterocycles. The molecular formula is C11H8FN3O5. The van der Waals surface area contributed by atoms with Gasteiger partial charge in [0, 0.05) is 13.1 Å². The molecule has 0 bridgehead atoms. The van der Waals surface area contributed by atoms with Crippen molar-refractivity contribution in [2.24, 2.45) is 7.05 Å². The Morgan fingerprint density at radius 3 is 2.80 bits per heavy atom. The van der Waals surface area contributed by atoms with Gasteiger partial charge < -0.3 is 9.84 Å². The van der Waals surface area contributed by atoms with E-state index in [0.717, 1.165) is 18.3 Å². The summed E-state index contributed by atoms with van der Waals surface area (Å²) in [5, 5.41) is 23.2. The number of benzene rings is 1. The molecule has 0 atom stereocenters. The van der Waals surface area contributed by atoms with Gasteiger partial charge in [-0.15, -0.1) is 5.10 Å². The zero-order valence-electron chi connectivity index (χ0n) is 10.1. The Bertz CT molecular complexity index is 697. The first-order valence-corrected chi connectivity index (χ1v) is 5.27. The van der Waals surface area contributed by atoms with Gasteiger partial charge in [0.1, 0.15) is 17.8 Å². The monoisotopic (exact) mass is 281 g/mol. The third kappa shape index (κ3) is 2.55. The second kappa shape index (κ2) is 4.96. The highest BCUT2D eigenvalue weighted by atomic mass is 19.1. The van der Waals surface area contributed by atoms with Crippen molar-refractivity contribution in [2.45, 2.75) is 0 Å². The molecule has 8 nitrogen and oxygen atoms in total. The summed E-state index contributed by atoms with van der Waals surface area (Å²) in [7, 11) is 1.47. The van der Waals surface area contributed by atoms with E-state index in [1.54, 1.807) is 0 Å². The van der Waals surface area contributed by atoms with Gasteiger partial charge in [-0.3, -0.25) is 14.8 Å². The van der Waals surface area contributed by atoms with Crippen LogP contribution in [0.2, 0.25) is 0 Å². The van der Waals surface area contributed by atoms with Crippen LogP contribution >= 0.6 is 0 Å². The molecule has 1 heterocycles. The van der Waals surface area contributed by atoms with Gasteiger partial charge in [0.2, 0.25) is 0 Å². The van der Waals surface area contributed by atoms with Gasteiger partial charge in [-0.1, -0.05) is 0 Å². The molecule has 1 aromatic heterocycles. The summed E-state index contributed by atoms with van der Waals surface area (Å²) in [6, 6.07) is 3.01. The number of hydrogen-bond acceptors (Lipinski definition) is 5. The molecule has 0 saturated carbocycles. The number of halogens is 1. The lowest BCUT2D eigenvalue weighted by atomic mass is 10.2. The van der Waals surface area contributed by atoms with E-state index in [2.05, 4.69) is 5.10 Å². The number of carboxylic acids is 1. The zero-order chi connectivity index (χ0) is 14.9. The van der Waals surface area contributed by atoms with E-state index < -0.39 is 22.3 Å². The number of carbonyl (C=O) groups is 1. The zero-order valence-corrected chi connectivity index (χ0v) is 10.1. The maximum absolute atomic E-state index is 13.4. The van der Waals surface area contributed by atoms with Gasteiger partial charge in [0.25, 0.3) is 0 Å². The van der Waals surface area contributed by atoms with Crippen molar-refractivity contribution >= 4 is 11.7 Å². The van der Waals surface area contributed by atoms with Gasteiger partial charge >= 0.3 is 17.5 Å². The first-order valence-electron chi connectivity index (χ1n) is 5.27. The van der Waals surface area contributed by atoms with Crippen molar-refractivity contribution in [1.82, 2.24) is 9.78 Å². The van der Waals surface area contributed by atoms with Crippen molar-refractivity contribution in [3.8, 4) is 11.6 Å². The van der Waals surface area contributed by atoms with Crippen LogP contribution in [0.4, 0.5) is 10.1 Å². The summed E-state index contributed by atoms with van der Waals surface area (Å²) in [4.78, 5) is 20.7. The molecule has 0 radical (unpaired) electrons. The second-order valence-corrected chi connectivity index (χ2v) is 3.80. The van der Waals surface area contributed by atoms with Gasteiger partial charge in [0.05, 0.1) is 10.5 Å². The van der Waals surface area contributed by atoms with Crippen LogP contribution < -0.4 is 4.74 Å². The maximum Gasteiger partial charge on any atom is 0.350 e. The lowest BCUT2D eigenvalue weighted by Crippen LogP contribution is -2.00. The van der Waals surface area contributed by atoms with Crippen LogP contribution in [0.3, 0.4) is 0 Å². The lowest BCUT2D eigenvalue weighted by Gasteiger charge is -2.03. The Morgan fingerprint density at radius 2 is 2.25 bits per heavy atom. The minimum atomic E-state index is -1.42. The van der Waals surface area contributed by atoms with Crippen molar-refractivity contribution in [3.63, 3.8) is 0 Å². The molecule has 0 aliphatic carbocycles. The number of aromatic carboxylic acids is 1. The minimum Gasteiger partial charge on any atom is -0.478 e. The normalized spacial score (nSPS) is 10.3. The van der Waals surface area contributed by atoms with Gasteiger partial charge in [-0.25, -0.2) is 9.18 Å². The highest BCUT2D eigenvalue weighted by molar-refractivity contribution is 5.88. The van der Waals surface area contributed by atoms with Crippen molar-refractivity contribution in [2.75, 3.05) is 0 Å². The van der Waals surface area contributed by atoms with E-state index >= 15 is 0 Å². The first-order chi connectivity index (χ1) is 9.38. The number of aryl methyl sites for hydroxylation is 1. The standard InChI is InChI=1S/C11H8FN3O5/c1-14-5-9(15(18)19)10(13-14)20-6-2-3-7(11(16)17)8(12)4-6/h2-5H,1H3,(H,16,17). The minimum absolute atomic E-state index is 0.0886. The van der Waals surface area contributed by atoms with Crippen LogP contribution in [0.5, 0.6) is 11.6 Å². The van der Waals surface area contributed by atoms with E-state index in [-0.39, 0.29) is 17.3 Å². The van der Waals surface area contributed by atoms with Crippen LogP contribution in [0.1, 0.15) is 10.4 Å². The van der Waals surface area contributed by atoms with E-state index in [1.807, 2.05) is 0 Å². The van der Waals surface area contributed by atoms with Gasteiger partial charge in [-0.05, 0) is 12.1 Å². The van der Waals surface area contributed by atoms with E-state index in [0.29, 0.717) is 0 Å². The number of nitro groups is 1. The van der Waals surface area contributed by atoms with Crippen LogP contribution in [0.15, 0.2) is 24.4 Å². The summed E-state index contributed by atoms with van der Waals surface area (Å²) in [6.07, 6.45) is 1.14. The molecule has 0 aliphatic rings. The molecule has 104 valence electrons. The Morgan fingerprint density at radius 1 is 1.55 bits per heavy atom. The molecule has 0 unspecified atom stereocenters. The summed E-state index contributed by atoms with van der Waals surface area (Å²) in [6.45, 7) is 0. The molecular weight excluding hydrogens is 273 g/mol. The fraction of sp³-hybridized carbons (Fsp3) is 0.0909. The molecule has 0 amide bonds. The molecule has 1 N–H and O–H groups in total. The van der Waals surface area contributed by atoms with Crippen molar-refractivity contribution in [3.05, 3.63) is 45.9 Å². The molecule has 9 heteroatoms. The lowest BCUT2D eigenvalue weighted by molar-refractivity contribution is -0.385. The highest BCUT2D eigenvalue weighted by Gasteiger charge is 2.21. The number of rotatable bonds is 4. The van der Waals surface area contributed by atoms with Gasteiger partial charge in [-0.2, -0.15) is 0 Å². The fourth-order valence-corrected chi connectivity index (χ4v) is 1.50. The topological polar surface area (TPSA) is 107 Å². The molecule has 0 fully saturated rings. The van der Waals surface area contributed by atoms with Gasteiger partial charge in [0.15, 0.2) is 0 Å². The molecule has 0 spiro atoms. The van der Waals surface area contributed by atoms with Crippen molar-refractivity contribution < 1.29 is 24.0 Å². The first kappa shape index (κ1) is 13.5. The SMILES string of the molecule is Cn1cc([N+](=O)[O-])c(Oc2ccc(C(=O)O)c(F)c2)n1. The number of ether oxygens (including phenoxy) is 1. The average molecular weight is 281 g/mol. The number of aromatic nitrogens is 2. The second-order valence-electron chi connectivity index (χ2n) is 3.80. The summed E-state index contributed by atoms with van der Waals surface area (Å²) < 4.78 is 19.7. The van der Waals surface area contributed by atoms with E-state index in [9.17, 15) is 19.3 Å². The molecule has 2 rings (SSSR count). The molecule has 0 saturated heterocycles. The van der Waals surface area contributed by atoms with Crippen LogP contribution in [0, 0.1) is 15.9 Å². The number of carboxylic acid groups (broad SMARTS) is 1. The molecule has 20 heavy (non-hydrogen) atoms. The number of nitrogens with zero attached hydrogens (tertiary/aromatic N) is 3. The summed E-state index contributed by atoms with van der Waals surface area (Å²) in [5.41, 5.74) is -0.900. The number of hydrogen-bond donors (Lipinski definition) is 1. The Balaban J connectivity index is 2.33. The molecule has 1 aromatic carbocycles. The third-order valence-corrected chi connectivity index (χ3v) is 2.36. The van der Waals surface area contributed by atoms with E-state index in [1.165, 1.54) is 17.8 Å². The Hall–Kier alpha value is -2.97. The fourth-order valence-electron chi connectivity index (χ4n) is 1.50.